The van der Waals surface area contributed by atoms with Gasteiger partial charge in [-0.05, 0) is 28.8 Å². The Hall–Kier alpha value is -0.900. The molecule has 0 amide bonds. The lowest BCUT2D eigenvalue weighted by Gasteiger charge is -2.00. The van der Waals surface area contributed by atoms with Crippen LogP contribution in [0.15, 0.2) is 23.2 Å². The average molecular weight is 237 g/mol. The molecule has 0 aromatic carbocycles. The van der Waals surface area contributed by atoms with E-state index in [1.165, 1.54) is 18.8 Å². The summed E-state index contributed by atoms with van der Waals surface area (Å²) in [5.74, 6) is 1.41. The maximum atomic E-state index is 4.43. The van der Waals surface area contributed by atoms with Gasteiger partial charge in [0, 0.05) is 24.5 Å². The van der Waals surface area contributed by atoms with Crippen molar-refractivity contribution < 1.29 is 0 Å². The lowest BCUT2D eigenvalue weighted by atomic mass is 10.3. The third kappa shape index (κ3) is 1.16. The Kier molecular flexibility index (Phi) is 1.47. The van der Waals surface area contributed by atoms with Gasteiger partial charge in [-0.25, -0.2) is 9.97 Å². The summed E-state index contributed by atoms with van der Waals surface area (Å²) >= 11 is 3.39. The smallest absolute Gasteiger partial charge is 0.159 e. The molecule has 13 heavy (non-hydrogen) atoms. The first kappa shape index (κ1) is 7.50. The van der Waals surface area contributed by atoms with Gasteiger partial charge in [0.15, 0.2) is 5.65 Å². The molecule has 1 aliphatic rings. The fourth-order valence-electron chi connectivity index (χ4n) is 1.44. The van der Waals surface area contributed by atoms with Gasteiger partial charge in [-0.3, -0.25) is 0 Å². The molecule has 1 aliphatic carbocycles. The Morgan fingerprint density at radius 1 is 1.38 bits per heavy atom. The van der Waals surface area contributed by atoms with Crippen LogP contribution in [-0.2, 0) is 0 Å². The topological polar surface area (TPSA) is 30.2 Å². The molecule has 1 radical (unpaired) electrons. The van der Waals surface area contributed by atoms with E-state index in [0.717, 1.165) is 15.9 Å². The minimum absolute atomic E-state index is 0.868. The summed E-state index contributed by atoms with van der Waals surface area (Å²) in [4.78, 5) is 8.71. The van der Waals surface area contributed by atoms with E-state index >= 15 is 0 Å². The van der Waals surface area contributed by atoms with Gasteiger partial charge in [0.2, 0.25) is 0 Å². The highest BCUT2D eigenvalue weighted by Gasteiger charge is 2.29. The molecule has 0 unspecified atom stereocenters. The Balaban J connectivity index is 2.33. The van der Waals surface area contributed by atoms with Crippen molar-refractivity contribution in [3.63, 3.8) is 0 Å². The van der Waals surface area contributed by atoms with Crippen LogP contribution in [0.1, 0.15) is 18.5 Å². The quantitative estimate of drug-likeness (QED) is 0.761. The average Bonchev–Trinajstić information content (AvgIpc) is 2.84. The van der Waals surface area contributed by atoms with E-state index in [1.54, 1.807) is 6.20 Å². The first-order chi connectivity index (χ1) is 6.34. The zero-order chi connectivity index (χ0) is 8.84. The van der Waals surface area contributed by atoms with Crippen LogP contribution < -0.4 is 0 Å². The van der Waals surface area contributed by atoms with Crippen molar-refractivity contribution in [2.75, 3.05) is 0 Å². The molecule has 0 bridgehead atoms. The van der Waals surface area contributed by atoms with Crippen molar-refractivity contribution >= 4 is 21.6 Å². The van der Waals surface area contributed by atoms with E-state index < -0.39 is 0 Å². The number of fused-ring (bicyclic) bond motifs is 1. The summed E-state index contributed by atoms with van der Waals surface area (Å²) in [6.07, 6.45) is 8.01. The van der Waals surface area contributed by atoms with Gasteiger partial charge in [0.25, 0.3) is 0 Å². The van der Waals surface area contributed by atoms with Crippen LogP contribution in [0, 0.1) is 5.92 Å². The van der Waals surface area contributed by atoms with Crippen LogP contribution in [0.25, 0.3) is 5.65 Å². The number of aromatic nitrogens is 3. The molecule has 0 atom stereocenters. The molecule has 0 spiro atoms. The van der Waals surface area contributed by atoms with E-state index in [9.17, 15) is 0 Å². The minimum Gasteiger partial charge on any atom is -0.303 e. The van der Waals surface area contributed by atoms with Crippen molar-refractivity contribution in [3.8, 4) is 0 Å². The zero-order valence-corrected chi connectivity index (χ0v) is 8.45. The van der Waals surface area contributed by atoms with Crippen LogP contribution in [0.4, 0.5) is 0 Å². The first-order valence-electron chi connectivity index (χ1n) is 4.19. The molecular formula is C9H7BrN3. The second-order valence-electron chi connectivity index (χ2n) is 3.17. The number of halogens is 1. The van der Waals surface area contributed by atoms with Gasteiger partial charge in [0.05, 0.1) is 5.69 Å². The molecule has 0 aliphatic heterocycles. The van der Waals surface area contributed by atoms with Crippen LogP contribution in [-0.4, -0.2) is 14.4 Å². The van der Waals surface area contributed by atoms with Crippen LogP contribution in [0.3, 0.4) is 0 Å². The third-order valence-electron chi connectivity index (χ3n) is 2.18. The SMILES string of the molecule is Brc1cn2ccnc2c([C]2CC2)n1. The Labute approximate surface area is 83.9 Å². The number of hydrogen-bond acceptors (Lipinski definition) is 2. The number of imidazole rings is 1. The minimum atomic E-state index is 0.868. The monoisotopic (exact) mass is 236 g/mol. The summed E-state index contributed by atoms with van der Waals surface area (Å²) in [5.41, 5.74) is 2.02. The second-order valence-corrected chi connectivity index (χ2v) is 3.99. The van der Waals surface area contributed by atoms with Gasteiger partial charge < -0.3 is 4.40 Å². The summed E-state index contributed by atoms with van der Waals surface area (Å²) in [6.45, 7) is 0. The molecule has 0 saturated heterocycles. The number of rotatable bonds is 1. The van der Waals surface area contributed by atoms with Crippen molar-refractivity contribution in [2.24, 2.45) is 0 Å². The largest absolute Gasteiger partial charge is 0.303 e. The van der Waals surface area contributed by atoms with E-state index in [4.69, 9.17) is 0 Å². The van der Waals surface area contributed by atoms with Crippen molar-refractivity contribution in [1.29, 1.82) is 0 Å². The maximum Gasteiger partial charge on any atom is 0.159 e. The molecule has 1 saturated carbocycles. The van der Waals surface area contributed by atoms with E-state index in [2.05, 4.69) is 25.9 Å². The summed E-state index contributed by atoms with van der Waals surface area (Å²) in [5, 5.41) is 0. The predicted molar refractivity (Wildman–Crippen MR) is 52.3 cm³/mol. The van der Waals surface area contributed by atoms with E-state index in [0.29, 0.717) is 0 Å². The molecule has 4 heteroatoms. The maximum absolute atomic E-state index is 4.43. The van der Waals surface area contributed by atoms with E-state index in [1.807, 2.05) is 16.8 Å². The lowest BCUT2D eigenvalue weighted by Crippen LogP contribution is -1.95. The van der Waals surface area contributed by atoms with Crippen LogP contribution >= 0.6 is 15.9 Å². The van der Waals surface area contributed by atoms with Gasteiger partial charge in [-0.1, -0.05) is 0 Å². The number of hydrogen-bond donors (Lipinski definition) is 0. The zero-order valence-electron chi connectivity index (χ0n) is 6.87. The Bertz CT molecular complexity index is 459. The van der Waals surface area contributed by atoms with Crippen molar-refractivity contribution in [3.05, 3.63) is 34.8 Å². The highest BCUT2D eigenvalue weighted by atomic mass is 79.9. The molecule has 0 N–H and O–H groups in total. The van der Waals surface area contributed by atoms with Crippen molar-refractivity contribution in [2.45, 2.75) is 12.8 Å². The molecule has 2 aromatic rings. The second kappa shape index (κ2) is 2.54. The van der Waals surface area contributed by atoms with Gasteiger partial charge in [-0.2, -0.15) is 0 Å². The van der Waals surface area contributed by atoms with Gasteiger partial charge in [0.1, 0.15) is 4.60 Å². The molecule has 65 valence electrons. The fraction of sp³-hybridized carbons (Fsp3) is 0.222. The fourth-order valence-corrected chi connectivity index (χ4v) is 1.84. The van der Waals surface area contributed by atoms with E-state index in [-0.39, 0.29) is 0 Å². The summed E-state index contributed by atoms with van der Waals surface area (Å²) in [6, 6.07) is 0. The molecular weight excluding hydrogens is 230 g/mol. The molecule has 2 aromatic heterocycles. The molecule has 3 rings (SSSR count). The predicted octanol–water partition coefficient (Wildman–Crippen LogP) is 2.21. The van der Waals surface area contributed by atoms with Gasteiger partial charge in [-0.15, -0.1) is 0 Å². The highest BCUT2D eigenvalue weighted by molar-refractivity contribution is 9.10. The number of nitrogens with zero attached hydrogens (tertiary/aromatic N) is 3. The highest BCUT2D eigenvalue weighted by Crippen LogP contribution is 2.39. The standard InChI is InChI=1S/C9H7BrN3/c10-7-5-13-4-3-11-9(13)8(12-7)6-1-2-6/h3-5H,1-2H2. The molecule has 2 heterocycles. The summed E-state index contributed by atoms with van der Waals surface area (Å²) < 4.78 is 2.87. The Morgan fingerprint density at radius 3 is 3.00 bits per heavy atom. The van der Waals surface area contributed by atoms with Gasteiger partial charge >= 0.3 is 0 Å². The normalized spacial score (nSPS) is 16.7. The lowest BCUT2D eigenvalue weighted by molar-refractivity contribution is 1.05. The van der Waals surface area contributed by atoms with Crippen molar-refractivity contribution in [1.82, 2.24) is 14.4 Å². The molecule has 3 nitrogen and oxygen atoms in total. The van der Waals surface area contributed by atoms with Crippen LogP contribution in [0.2, 0.25) is 0 Å². The first-order valence-corrected chi connectivity index (χ1v) is 4.98. The third-order valence-corrected chi connectivity index (χ3v) is 2.56. The summed E-state index contributed by atoms with van der Waals surface area (Å²) in [7, 11) is 0. The Morgan fingerprint density at radius 2 is 2.23 bits per heavy atom. The van der Waals surface area contributed by atoms with Crippen LogP contribution in [0.5, 0.6) is 0 Å². The molecule has 1 fully saturated rings.